The van der Waals surface area contributed by atoms with E-state index in [4.69, 9.17) is 10.5 Å². The van der Waals surface area contributed by atoms with Crippen molar-refractivity contribution in [1.29, 1.82) is 0 Å². The molecule has 0 bridgehead atoms. The van der Waals surface area contributed by atoms with Gasteiger partial charge in [0.15, 0.2) is 11.9 Å². The van der Waals surface area contributed by atoms with Gasteiger partial charge in [0.25, 0.3) is 6.02 Å². The minimum Gasteiger partial charge on any atom is -0.495 e. The zero-order valence-corrected chi connectivity index (χ0v) is 18.1. The van der Waals surface area contributed by atoms with Crippen LogP contribution in [0.2, 0.25) is 0 Å². The molecule has 0 unspecified atom stereocenters. The number of aryl methyl sites for hydroxylation is 2. The van der Waals surface area contributed by atoms with Gasteiger partial charge in [0.05, 0.1) is 13.3 Å². The summed E-state index contributed by atoms with van der Waals surface area (Å²) in [6.07, 6.45) is -7.19. The van der Waals surface area contributed by atoms with Gasteiger partial charge in [-0.3, -0.25) is 4.79 Å². The first-order valence-corrected chi connectivity index (χ1v) is 9.88. The highest BCUT2D eigenvalue weighted by molar-refractivity contribution is 5.97. The number of Topliss-reactive ketones (excluding diaryl/α,β-unsaturated/α-hetero) is 1. The summed E-state index contributed by atoms with van der Waals surface area (Å²) in [5, 5.41) is 0. The van der Waals surface area contributed by atoms with Crippen LogP contribution in [0.3, 0.4) is 0 Å². The van der Waals surface area contributed by atoms with Crippen LogP contribution in [-0.2, 0) is 16.7 Å². The summed E-state index contributed by atoms with van der Waals surface area (Å²) in [5.41, 5.74) is 3.72. The molecule has 0 radical (unpaired) electrons. The second kappa shape index (κ2) is 8.95. The summed E-state index contributed by atoms with van der Waals surface area (Å²) >= 11 is 0. The molecule has 1 aliphatic rings. The van der Waals surface area contributed by atoms with Crippen LogP contribution in [0.1, 0.15) is 39.2 Å². The number of benzene rings is 1. The highest BCUT2D eigenvalue weighted by Crippen LogP contribution is 2.42. The van der Waals surface area contributed by atoms with E-state index in [9.17, 15) is 22.4 Å². The van der Waals surface area contributed by atoms with E-state index >= 15 is 4.39 Å². The van der Waals surface area contributed by atoms with Crippen LogP contribution < -0.4 is 10.5 Å². The molecule has 1 aromatic carbocycles. The molecule has 0 saturated carbocycles. The molecule has 2 N–H and O–H groups in total. The largest absolute Gasteiger partial charge is 0.495 e. The zero-order valence-electron chi connectivity index (χ0n) is 18.1. The van der Waals surface area contributed by atoms with Gasteiger partial charge in [-0.05, 0) is 42.7 Å². The molecule has 2 heterocycles. The third-order valence-corrected chi connectivity index (χ3v) is 5.43. The lowest BCUT2D eigenvalue weighted by Crippen LogP contribution is -2.48. The molecule has 2 aromatic rings. The topological polar surface area (TPSA) is 86.8 Å². The average molecular weight is 471 g/mol. The highest BCUT2D eigenvalue weighted by Gasteiger charge is 2.52. The Morgan fingerprint density at radius 3 is 2.55 bits per heavy atom. The van der Waals surface area contributed by atoms with Gasteiger partial charge in [0.1, 0.15) is 29.5 Å². The van der Waals surface area contributed by atoms with Gasteiger partial charge in [0.2, 0.25) is 0 Å². The molecule has 0 fully saturated rings. The Balaban J connectivity index is 2.02. The van der Waals surface area contributed by atoms with Gasteiger partial charge >= 0.3 is 6.18 Å². The standard InChI is InChI=1S/C22H22F5N3O3/c1-11-4-13(7-16(31)19-12(2)5-14(32-3)9-29-19)6-15(18(11)24)21(10-23)8-17(22(25,26)27)33-20(28)30-21/h4-6,9,17H,7-8,10H2,1-3H3,(H2,28,30)/t17-,21+/m0/s1. The Morgan fingerprint density at radius 2 is 1.97 bits per heavy atom. The maximum Gasteiger partial charge on any atom is 0.425 e. The molecule has 0 saturated heterocycles. The van der Waals surface area contributed by atoms with Crippen LogP contribution in [0.4, 0.5) is 22.0 Å². The number of ether oxygens (including phenoxy) is 2. The normalized spacial score (nSPS) is 20.7. The number of carbonyl (C=O) groups excluding carboxylic acids is 1. The average Bonchev–Trinajstić information content (AvgIpc) is 2.74. The number of nitrogens with zero attached hydrogens (tertiary/aromatic N) is 2. The Kier molecular flexibility index (Phi) is 6.62. The Labute approximate surface area is 186 Å². The molecule has 6 nitrogen and oxygen atoms in total. The lowest BCUT2D eigenvalue weighted by atomic mass is 9.82. The Bertz CT molecular complexity index is 1100. The SMILES string of the molecule is COc1cnc(C(=O)Cc2cc(C)c(F)c([C@]3(CF)C[C@@H](C(F)(F)F)OC(N)=N3)c2)c(C)c1. The summed E-state index contributed by atoms with van der Waals surface area (Å²) < 4.78 is 78.8. The van der Waals surface area contributed by atoms with E-state index in [2.05, 4.69) is 14.7 Å². The van der Waals surface area contributed by atoms with E-state index in [-0.39, 0.29) is 23.2 Å². The number of methoxy groups -OCH3 is 1. The van der Waals surface area contributed by atoms with Crippen LogP contribution in [0.25, 0.3) is 0 Å². The first-order chi connectivity index (χ1) is 15.4. The number of alkyl halides is 4. The number of amidine groups is 1. The van der Waals surface area contributed by atoms with Crippen LogP contribution >= 0.6 is 0 Å². The summed E-state index contributed by atoms with van der Waals surface area (Å²) in [6.45, 7) is 1.58. The molecule has 0 amide bonds. The summed E-state index contributed by atoms with van der Waals surface area (Å²) in [7, 11) is 1.45. The van der Waals surface area contributed by atoms with Crippen molar-refractivity contribution < 1.29 is 36.2 Å². The number of halogens is 5. The molecule has 0 aliphatic carbocycles. The van der Waals surface area contributed by atoms with Gasteiger partial charge in [0, 0.05) is 18.4 Å². The molecular formula is C22H22F5N3O3. The van der Waals surface area contributed by atoms with Gasteiger partial charge in [-0.25, -0.2) is 18.8 Å². The van der Waals surface area contributed by atoms with Gasteiger partial charge in [-0.2, -0.15) is 13.2 Å². The highest BCUT2D eigenvalue weighted by atomic mass is 19.4. The number of hydrogen-bond acceptors (Lipinski definition) is 6. The van der Waals surface area contributed by atoms with Crippen LogP contribution in [0.15, 0.2) is 29.4 Å². The van der Waals surface area contributed by atoms with E-state index in [1.165, 1.54) is 26.3 Å². The van der Waals surface area contributed by atoms with Gasteiger partial charge in [-0.15, -0.1) is 0 Å². The van der Waals surface area contributed by atoms with Crippen molar-refractivity contribution in [2.75, 3.05) is 13.8 Å². The predicted octanol–water partition coefficient (Wildman–Crippen LogP) is 4.10. The lowest BCUT2D eigenvalue weighted by molar-refractivity contribution is -0.209. The molecule has 1 aromatic heterocycles. The number of nitrogens with two attached hydrogens (primary N) is 1. The maximum absolute atomic E-state index is 15.0. The molecule has 3 rings (SSSR count). The van der Waals surface area contributed by atoms with E-state index < -0.39 is 54.1 Å². The van der Waals surface area contributed by atoms with E-state index in [0.717, 1.165) is 6.07 Å². The molecular weight excluding hydrogens is 449 g/mol. The van der Waals surface area contributed by atoms with Gasteiger partial charge in [-0.1, -0.05) is 6.07 Å². The van der Waals surface area contributed by atoms with Crippen molar-refractivity contribution in [2.24, 2.45) is 10.7 Å². The quantitative estimate of drug-likeness (QED) is 0.506. The minimum absolute atomic E-state index is 0.0198. The first kappa shape index (κ1) is 24.4. The summed E-state index contributed by atoms with van der Waals surface area (Å²) in [5.74, 6) is -0.880. The van der Waals surface area contributed by atoms with Crippen LogP contribution in [0.5, 0.6) is 5.75 Å². The zero-order chi connectivity index (χ0) is 24.6. The molecule has 33 heavy (non-hydrogen) atoms. The Hall–Kier alpha value is -3.24. The third-order valence-electron chi connectivity index (χ3n) is 5.43. The van der Waals surface area contributed by atoms with E-state index in [0.29, 0.717) is 11.3 Å². The predicted molar refractivity (Wildman–Crippen MR) is 110 cm³/mol. The number of ketones is 1. The van der Waals surface area contributed by atoms with Crippen LogP contribution in [-0.4, -0.2) is 42.9 Å². The summed E-state index contributed by atoms with van der Waals surface area (Å²) in [4.78, 5) is 20.6. The molecule has 178 valence electrons. The third kappa shape index (κ3) is 4.91. The maximum atomic E-state index is 15.0. The second-order valence-corrected chi connectivity index (χ2v) is 7.88. The fourth-order valence-electron chi connectivity index (χ4n) is 3.79. The van der Waals surface area contributed by atoms with Crippen molar-refractivity contribution in [1.82, 2.24) is 4.98 Å². The van der Waals surface area contributed by atoms with Crippen molar-refractivity contribution >= 4 is 11.8 Å². The van der Waals surface area contributed by atoms with E-state index in [1.54, 1.807) is 13.0 Å². The van der Waals surface area contributed by atoms with Crippen molar-refractivity contribution in [3.05, 3.63) is 58.2 Å². The molecule has 0 spiro atoms. The van der Waals surface area contributed by atoms with Crippen molar-refractivity contribution in [3.63, 3.8) is 0 Å². The van der Waals surface area contributed by atoms with Gasteiger partial charge < -0.3 is 15.2 Å². The Morgan fingerprint density at radius 1 is 1.27 bits per heavy atom. The minimum atomic E-state index is -4.86. The van der Waals surface area contributed by atoms with E-state index in [1.807, 2.05) is 0 Å². The number of pyridine rings is 1. The number of carbonyl (C=O) groups is 1. The molecule has 2 atom stereocenters. The van der Waals surface area contributed by atoms with Crippen molar-refractivity contribution in [2.45, 2.75) is 44.5 Å². The van der Waals surface area contributed by atoms with Crippen LogP contribution in [0, 0.1) is 19.7 Å². The summed E-state index contributed by atoms with van der Waals surface area (Å²) in [6, 6.07) is 3.25. The van der Waals surface area contributed by atoms with Crippen molar-refractivity contribution in [3.8, 4) is 5.75 Å². The number of aliphatic imine (C=N–C) groups is 1. The smallest absolute Gasteiger partial charge is 0.425 e. The number of rotatable bonds is 6. The lowest BCUT2D eigenvalue weighted by Gasteiger charge is -2.37. The first-order valence-electron chi connectivity index (χ1n) is 9.88. The number of aromatic nitrogens is 1. The fraction of sp³-hybridized carbons (Fsp3) is 0.409. The molecule has 1 aliphatic heterocycles. The fourth-order valence-corrected chi connectivity index (χ4v) is 3.79. The monoisotopic (exact) mass is 471 g/mol. The molecule has 11 heteroatoms. The number of hydrogen-bond donors (Lipinski definition) is 1. The second-order valence-electron chi connectivity index (χ2n) is 7.88.